The van der Waals surface area contributed by atoms with Crippen LogP contribution in [0.15, 0.2) is 24.3 Å². The first-order valence-electron chi connectivity index (χ1n) is 7.08. The van der Waals surface area contributed by atoms with E-state index in [0.717, 1.165) is 5.75 Å². The van der Waals surface area contributed by atoms with Gasteiger partial charge in [0.15, 0.2) is 0 Å². The van der Waals surface area contributed by atoms with Crippen molar-refractivity contribution in [2.75, 3.05) is 20.8 Å². The number of methoxy groups -OCH3 is 2. The third-order valence-electron chi connectivity index (χ3n) is 2.87. The van der Waals surface area contributed by atoms with Crippen LogP contribution in [0.2, 0.25) is 0 Å². The molecular formula is C16H22O7. The average Bonchev–Trinajstić information content (AvgIpc) is 2.95. The molecule has 0 radical (unpaired) electrons. The van der Waals surface area contributed by atoms with Gasteiger partial charge in [0.05, 0.1) is 20.8 Å². The van der Waals surface area contributed by atoms with Crippen LogP contribution in [-0.2, 0) is 23.8 Å². The van der Waals surface area contributed by atoms with Gasteiger partial charge in [-0.15, -0.1) is 0 Å². The number of carbonyl (C=O) groups is 2. The molecule has 2 rings (SSSR count). The number of ether oxygens (including phenoxy) is 5. The van der Waals surface area contributed by atoms with Crippen LogP contribution < -0.4 is 9.47 Å². The van der Waals surface area contributed by atoms with Crippen molar-refractivity contribution in [3.8, 4) is 11.5 Å². The molecule has 2 unspecified atom stereocenters. The van der Waals surface area contributed by atoms with Crippen LogP contribution in [0.4, 0.5) is 0 Å². The van der Waals surface area contributed by atoms with Crippen LogP contribution in [0, 0.1) is 0 Å². The van der Waals surface area contributed by atoms with Crippen molar-refractivity contribution < 1.29 is 33.3 Å². The Balaban J connectivity index is 0.000000463. The Morgan fingerprint density at radius 2 is 1.61 bits per heavy atom. The summed E-state index contributed by atoms with van der Waals surface area (Å²) in [5.41, 5.74) is 0. The van der Waals surface area contributed by atoms with E-state index in [-0.39, 0.29) is 24.3 Å². The summed E-state index contributed by atoms with van der Waals surface area (Å²) in [4.78, 5) is 20.4. The van der Waals surface area contributed by atoms with Crippen molar-refractivity contribution in [1.29, 1.82) is 0 Å². The minimum absolute atomic E-state index is 0.217. The molecule has 1 saturated heterocycles. The standard InChI is InChI=1S/C13H16O5.C3H6O2/c1-9(14)17-12-7-13(16-8-12)18-11-5-3-10(15-2)4-6-11;1-3(4)5-2/h3-6,12-13H,7-8H2,1-2H3;1-2H3. The van der Waals surface area contributed by atoms with Crippen molar-refractivity contribution in [1.82, 2.24) is 0 Å². The molecule has 0 aliphatic carbocycles. The van der Waals surface area contributed by atoms with E-state index in [1.54, 1.807) is 19.2 Å². The molecule has 1 aromatic rings. The number of carbonyl (C=O) groups excluding carboxylic acids is 2. The summed E-state index contributed by atoms with van der Waals surface area (Å²) in [7, 11) is 2.96. The Labute approximate surface area is 135 Å². The van der Waals surface area contributed by atoms with Gasteiger partial charge in [-0.2, -0.15) is 0 Å². The first-order valence-corrected chi connectivity index (χ1v) is 7.08. The number of benzene rings is 1. The quantitative estimate of drug-likeness (QED) is 0.782. The maximum absolute atomic E-state index is 10.8. The normalized spacial score (nSPS) is 19.1. The molecule has 0 saturated carbocycles. The Kier molecular flexibility index (Phi) is 7.90. The van der Waals surface area contributed by atoms with E-state index in [1.165, 1.54) is 21.0 Å². The predicted octanol–water partition coefficient (Wildman–Crippen LogP) is 1.93. The van der Waals surface area contributed by atoms with Gasteiger partial charge in [-0.05, 0) is 24.3 Å². The Morgan fingerprint density at radius 1 is 1.04 bits per heavy atom. The first kappa shape index (κ1) is 18.8. The molecule has 2 atom stereocenters. The fourth-order valence-corrected chi connectivity index (χ4v) is 1.77. The van der Waals surface area contributed by atoms with Gasteiger partial charge in [-0.25, -0.2) is 0 Å². The highest BCUT2D eigenvalue weighted by molar-refractivity contribution is 5.66. The minimum atomic E-state index is -0.372. The topological polar surface area (TPSA) is 80.3 Å². The number of esters is 2. The van der Waals surface area contributed by atoms with Gasteiger partial charge in [-0.1, -0.05) is 0 Å². The molecular weight excluding hydrogens is 304 g/mol. The lowest BCUT2D eigenvalue weighted by Gasteiger charge is -2.13. The summed E-state index contributed by atoms with van der Waals surface area (Å²) >= 11 is 0. The van der Waals surface area contributed by atoms with E-state index < -0.39 is 0 Å². The zero-order valence-electron chi connectivity index (χ0n) is 13.7. The van der Waals surface area contributed by atoms with Gasteiger partial charge in [0, 0.05) is 20.3 Å². The van der Waals surface area contributed by atoms with Gasteiger partial charge in [-0.3, -0.25) is 9.59 Å². The van der Waals surface area contributed by atoms with Crippen molar-refractivity contribution >= 4 is 11.9 Å². The maximum atomic E-state index is 10.8. The SMILES string of the molecule is COC(C)=O.COc1ccc(OC2CC(OC(C)=O)CO2)cc1. The van der Waals surface area contributed by atoms with Gasteiger partial charge in [0.2, 0.25) is 6.29 Å². The number of hydrogen-bond donors (Lipinski definition) is 0. The lowest BCUT2D eigenvalue weighted by atomic mass is 10.3. The molecule has 0 spiro atoms. The first-order chi connectivity index (χ1) is 10.9. The third-order valence-corrected chi connectivity index (χ3v) is 2.87. The lowest BCUT2D eigenvalue weighted by molar-refractivity contribution is -0.146. The maximum Gasteiger partial charge on any atom is 0.302 e. The van der Waals surface area contributed by atoms with Gasteiger partial charge < -0.3 is 23.7 Å². The van der Waals surface area contributed by atoms with Crippen LogP contribution >= 0.6 is 0 Å². The Bertz CT molecular complexity index is 498. The molecule has 1 aromatic carbocycles. The summed E-state index contributed by atoms with van der Waals surface area (Å²) in [5, 5.41) is 0. The van der Waals surface area contributed by atoms with E-state index >= 15 is 0 Å². The van der Waals surface area contributed by atoms with E-state index in [2.05, 4.69) is 4.74 Å². The monoisotopic (exact) mass is 326 g/mol. The molecule has 0 aromatic heterocycles. The van der Waals surface area contributed by atoms with Gasteiger partial charge >= 0.3 is 11.9 Å². The molecule has 7 nitrogen and oxygen atoms in total. The number of rotatable bonds is 4. The highest BCUT2D eigenvalue weighted by atomic mass is 16.7. The third kappa shape index (κ3) is 7.51. The minimum Gasteiger partial charge on any atom is -0.497 e. The smallest absolute Gasteiger partial charge is 0.302 e. The molecule has 128 valence electrons. The molecule has 7 heteroatoms. The van der Waals surface area contributed by atoms with Crippen molar-refractivity contribution in [2.45, 2.75) is 32.7 Å². The Hall–Kier alpha value is -2.28. The molecule has 0 bridgehead atoms. The van der Waals surface area contributed by atoms with Gasteiger partial charge in [0.1, 0.15) is 17.6 Å². The van der Waals surface area contributed by atoms with E-state index in [9.17, 15) is 9.59 Å². The number of hydrogen-bond acceptors (Lipinski definition) is 7. The van der Waals surface area contributed by atoms with Crippen LogP contribution in [0.1, 0.15) is 20.3 Å². The van der Waals surface area contributed by atoms with E-state index in [4.69, 9.17) is 18.9 Å². The largest absolute Gasteiger partial charge is 0.497 e. The molecule has 1 heterocycles. The molecule has 0 amide bonds. The highest BCUT2D eigenvalue weighted by Gasteiger charge is 2.29. The summed E-state index contributed by atoms with van der Waals surface area (Å²) in [6.07, 6.45) is -0.0421. The predicted molar refractivity (Wildman–Crippen MR) is 81.2 cm³/mol. The highest BCUT2D eigenvalue weighted by Crippen LogP contribution is 2.23. The Morgan fingerprint density at radius 3 is 2.09 bits per heavy atom. The summed E-state index contributed by atoms with van der Waals surface area (Å²) in [6, 6.07) is 7.24. The molecule has 1 fully saturated rings. The van der Waals surface area contributed by atoms with Crippen molar-refractivity contribution in [3.05, 3.63) is 24.3 Å². The second-order valence-corrected chi connectivity index (χ2v) is 4.72. The lowest BCUT2D eigenvalue weighted by Crippen LogP contribution is -2.18. The fourth-order valence-electron chi connectivity index (χ4n) is 1.77. The second-order valence-electron chi connectivity index (χ2n) is 4.72. The van der Waals surface area contributed by atoms with Crippen LogP contribution in [0.3, 0.4) is 0 Å². The molecule has 1 aliphatic heterocycles. The van der Waals surface area contributed by atoms with Crippen LogP contribution in [0.25, 0.3) is 0 Å². The fraction of sp³-hybridized carbons (Fsp3) is 0.500. The van der Waals surface area contributed by atoms with Crippen molar-refractivity contribution in [3.63, 3.8) is 0 Å². The molecule has 0 N–H and O–H groups in total. The molecule has 23 heavy (non-hydrogen) atoms. The summed E-state index contributed by atoms with van der Waals surface area (Å²) < 4.78 is 25.2. The summed E-state index contributed by atoms with van der Waals surface area (Å²) in [5.74, 6) is 0.926. The summed E-state index contributed by atoms with van der Waals surface area (Å²) in [6.45, 7) is 3.12. The van der Waals surface area contributed by atoms with Gasteiger partial charge in [0.25, 0.3) is 0 Å². The molecule has 1 aliphatic rings. The van der Waals surface area contributed by atoms with Crippen LogP contribution in [0.5, 0.6) is 11.5 Å². The van der Waals surface area contributed by atoms with E-state index in [1.807, 2.05) is 12.1 Å². The second kappa shape index (κ2) is 9.68. The average molecular weight is 326 g/mol. The zero-order valence-corrected chi connectivity index (χ0v) is 13.7. The van der Waals surface area contributed by atoms with Crippen LogP contribution in [-0.4, -0.2) is 45.2 Å². The zero-order chi connectivity index (χ0) is 17.2. The van der Waals surface area contributed by atoms with E-state index in [0.29, 0.717) is 18.8 Å². The van der Waals surface area contributed by atoms with Crippen molar-refractivity contribution in [2.24, 2.45) is 0 Å².